The Balaban J connectivity index is 2.02. The molecule has 0 bridgehead atoms. The van der Waals surface area contributed by atoms with Gasteiger partial charge in [-0.15, -0.1) is 0 Å². The molecule has 0 atom stereocenters. The van der Waals surface area contributed by atoms with Crippen LogP contribution >= 0.6 is 0 Å². The first-order valence-electron chi connectivity index (χ1n) is 7.33. The van der Waals surface area contributed by atoms with Crippen LogP contribution in [0.25, 0.3) is 11.1 Å². The zero-order chi connectivity index (χ0) is 15.0. The third-order valence-corrected chi connectivity index (χ3v) is 4.02. The lowest BCUT2D eigenvalue weighted by Crippen LogP contribution is -2.25. The van der Waals surface area contributed by atoms with Crippen LogP contribution in [-0.2, 0) is 12.0 Å². The third-order valence-electron chi connectivity index (χ3n) is 4.02. The van der Waals surface area contributed by atoms with Crippen LogP contribution in [0.4, 0.5) is 5.82 Å². The second-order valence-corrected chi connectivity index (χ2v) is 6.25. The van der Waals surface area contributed by atoms with Crippen LogP contribution in [0, 0.1) is 0 Å². The highest BCUT2D eigenvalue weighted by molar-refractivity contribution is 5.66. The van der Waals surface area contributed by atoms with Gasteiger partial charge in [0.25, 0.3) is 0 Å². The van der Waals surface area contributed by atoms with Crippen LogP contribution in [0.15, 0.2) is 30.7 Å². The van der Waals surface area contributed by atoms with Gasteiger partial charge in [0.1, 0.15) is 5.82 Å². The molecule has 4 heteroatoms. The number of hydrogen-bond donors (Lipinski definition) is 1. The Bertz CT molecular complexity index is 661. The van der Waals surface area contributed by atoms with E-state index < -0.39 is 5.60 Å². The molecule has 2 aromatic heterocycles. The summed E-state index contributed by atoms with van der Waals surface area (Å²) in [5.41, 5.74) is 3.27. The molecule has 1 aliphatic rings. The minimum absolute atomic E-state index is 0.815. The molecule has 3 rings (SSSR count). The van der Waals surface area contributed by atoms with Crippen molar-refractivity contribution in [3.05, 3.63) is 41.9 Å². The van der Waals surface area contributed by atoms with E-state index in [0.29, 0.717) is 0 Å². The van der Waals surface area contributed by atoms with Gasteiger partial charge in [0.05, 0.1) is 5.60 Å². The van der Waals surface area contributed by atoms with Crippen molar-refractivity contribution in [2.24, 2.45) is 0 Å². The SMILES string of the molecule is CN1CCCc2cc(-c3cncc(C(C)(C)O)c3)cnc21. The third kappa shape index (κ3) is 2.76. The second kappa shape index (κ2) is 5.11. The standard InChI is InChI=1S/C17H21N3O/c1-17(2,21)15-8-14(9-18-11-15)13-7-12-5-4-6-20(3)16(12)19-10-13/h7-11,21H,4-6H2,1-3H3. The number of aliphatic hydroxyl groups is 1. The van der Waals surface area contributed by atoms with Gasteiger partial charge >= 0.3 is 0 Å². The molecular weight excluding hydrogens is 262 g/mol. The van der Waals surface area contributed by atoms with Gasteiger partial charge in [0, 0.05) is 48.9 Å². The van der Waals surface area contributed by atoms with E-state index in [9.17, 15) is 5.11 Å². The van der Waals surface area contributed by atoms with E-state index in [2.05, 4.69) is 28.0 Å². The Morgan fingerprint density at radius 3 is 2.67 bits per heavy atom. The lowest BCUT2D eigenvalue weighted by atomic mass is 9.96. The highest BCUT2D eigenvalue weighted by Gasteiger charge is 2.18. The fraction of sp³-hybridized carbons (Fsp3) is 0.412. The Hall–Kier alpha value is -1.94. The van der Waals surface area contributed by atoms with Crippen LogP contribution < -0.4 is 4.90 Å². The molecule has 0 saturated heterocycles. The number of anilines is 1. The summed E-state index contributed by atoms with van der Waals surface area (Å²) in [6, 6.07) is 4.19. The van der Waals surface area contributed by atoms with Crippen LogP contribution in [0.5, 0.6) is 0 Å². The number of rotatable bonds is 2. The van der Waals surface area contributed by atoms with Crippen molar-refractivity contribution in [1.82, 2.24) is 9.97 Å². The molecule has 0 amide bonds. The van der Waals surface area contributed by atoms with Crippen molar-refractivity contribution in [3.63, 3.8) is 0 Å². The minimum atomic E-state index is -0.884. The van der Waals surface area contributed by atoms with E-state index >= 15 is 0 Å². The van der Waals surface area contributed by atoms with Crippen molar-refractivity contribution in [1.29, 1.82) is 0 Å². The van der Waals surface area contributed by atoms with Gasteiger partial charge in [-0.1, -0.05) is 0 Å². The van der Waals surface area contributed by atoms with Crippen molar-refractivity contribution < 1.29 is 5.11 Å². The number of hydrogen-bond acceptors (Lipinski definition) is 4. The lowest BCUT2D eigenvalue weighted by Gasteiger charge is -2.26. The smallest absolute Gasteiger partial charge is 0.131 e. The van der Waals surface area contributed by atoms with Gasteiger partial charge in [0.15, 0.2) is 0 Å². The van der Waals surface area contributed by atoms with Gasteiger partial charge in [-0.25, -0.2) is 4.98 Å². The first-order chi connectivity index (χ1) is 9.95. The molecule has 0 fully saturated rings. The van der Waals surface area contributed by atoms with Crippen LogP contribution in [0.3, 0.4) is 0 Å². The normalized spacial score (nSPS) is 15.0. The molecule has 1 aliphatic heterocycles. The maximum Gasteiger partial charge on any atom is 0.131 e. The predicted molar refractivity (Wildman–Crippen MR) is 84.3 cm³/mol. The number of aryl methyl sites for hydroxylation is 1. The molecule has 0 spiro atoms. The number of pyridine rings is 2. The summed E-state index contributed by atoms with van der Waals surface area (Å²) < 4.78 is 0. The van der Waals surface area contributed by atoms with E-state index in [1.165, 1.54) is 5.56 Å². The molecule has 2 aromatic rings. The van der Waals surface area contributed by atoms with E-state index in [1.807, 2.05) is 18.5 Å². The van der Waals surface area contributed by atoms with Crippen LogP contribution in [0.1, 0.15) is 31.4 Å². The quantitative estimate of drug-likeness (QED) is 0.920. The summed E-state index contributed by atoms with van der Waals surface area (Å²) in [7, 11) is 2.08. The molecule has 0 saturated carbocycles. The van der Waals surface area contributed by atoms with Gasteiger partial charge in [-0.2, -0.15) is 0 Å². The molecule has 1 N–H and O–H groups in total. The molecule has 21 heavy (non-hydrogen) atoms. The predicted octanol–water partition coefficient (Wildman–Crippen LogP) is 2.75. The van der Waals surface area contributed by atoms with Crippen molar-refractivity contribution in [2.45, 2.75) is 32.3 Å². The Kier molecular flexibility index (Phi) is 3.41. The lowest BCUT2D eigenvalue weighted by molar-refractivity contribution is 0.0783. The van der Waals surface area contributed by atoms with Gasteiger partial charge in [-0.05, 0) is 44.4 Å². The van der Waals surface area contributed by atoms with E-state index in [1.54, 1.807) is 20.0 Å². The molecular formula is C17H21N3O. The molecule has 0 aliphatic carbocycles. The Morgan fingerprint density at radius 1 is 1.14 bits per heavy atom. The maximum atomic E-state index is 10.1. The van der Waals surface area contributed by atoms with Crippen LogP contribution in [0.2, 0.25) is 0 Å². The van der Waals surface area contributed by atoms with Gasteiger partial charge < -0.3 is 10.0 Å². The fourth-order valence-corrected chi connectivity index (χ4v) is 2.73. The second-order valence-electron chi connectivity index (χ2n) is 6.25. The van der Waals surface area contributed by atoms with E-state index in [-0.39, 0.29) is 0 Å². The summed E-state index contributed by atoms with van der Waals surface area (Å²) in [4.78, 5) is 11.1. The number of aromatic nitrogens is 2. The summed E-state index contributed by atoms with van der Waals surface area (Å²) in [6.07, 6.45) is 7.66. The Labute approximate surface area is 125 Å². The average molecular weight is 283 g/mol. The zero-order valence-corrected chi connectivity index (χ0v) is 12.8. The van der Waals surface area contributed by atoms with Crippen molar-refractivity contribution in [2.75, 3.05) is 18.5 Å². The summed E-state index contributed by atoms with van der Waals surface area (Å²) in [5, 5.41) is 10.1. The van der Waals surface area contributed by atoms with E-state index in [4.69, 9.17) is 0 Å². The molecule has 0 aromatic carbocycles. The molecule has 3 heterocycles. The summed E-state index contributed by atoms with van der Waals surface area (Å²) in [5.74, 6) is 1.08. The van der Waals surface area contributed by atoms with Gasteiger partial charge in [0.2, 0.25) is 0 Å². The molecule has 0 unspecified atom stereocenters. The fourth-order valence-electron chi connectivity index (χ4n) is 2.73. The highest BCUT2D eigenvalue weighted by atomic mass is 16.3. The largest absolute Gasteiger partial charge is 0.386 e. The zero-order valence-electron chi connectivity index (χ0n) is 12.8. The van der Waals surface area contributed by atoms with Crippen molar-refractivity contribution in [3.8, 4) is 11.1 Å². The first-order valence-corrected chi connectivity index (χ1v) is 7.33. The first kappa shape index (κ1) is 14.0. The van der Waals surface area contributed by atoms with E-state index in [0.717, 1.165) is 41.9 Å². The summed E-state index contributed by atoms with van der Waals surface area (Å²) >= 11 is 0. The minimum Gasteiger partial charge on any atom is -0.386 e. The molecule has 4 nitrogen and oxygen atoms in total. The topological polar surface area (TPSA) is 49.2 Å². The summed E-state index contributed by atoms with van der Waals surface area (Å²) in [6.45, 7) is 4.61. The Morgan fingerprint density at radius 2 is 1.90 bits per heavy atom. The maximum absolute atomic E-state index is 10.1. The monoisotopic (exact) mass is 283 g/mol. The molecule has 110 valence electrons. The average Bonchev–Trinajstić information content (AvgIpc) is 2.46. The van der Waals surface area contributed by atoms with Gasteiger partial charge in [-0.3, -0.25) is 4.98 Å². The molecule has 0 radical (unpaired) electrons. The van der Waals surface area contributed by atoms with Crippen LogP contribution in [-0.4, -0.2) is 28.7 Å². The number of nitrogens with zero attached hydrogens (tertiary/aromatic N) is 3. The number of fused-ring (bicyclic) bond motifs is 1. The highest BCUT2D eigenvalue weighted by Crippen LogP contribution is 2.30. The van der Waals surface area contributed by atoms with Crippen molar-refractivity contribution >= 4 is 5.82 Å².